The zero-order valence-corrected chi connectivity index (χ0v) is 12.3. The Kier molecular flexibility index (Phi) is 5.14. The zero-order chi connectivity index (χ0) is 13.7. The Hall–Kier alpha value is -1.16. The molecular formula is C15H21NO2S. The second-order valence-electron chi connectivity index (χ2n) is 4.92. The van der Waals surface area contributed by atoms with Crippen LogP contribution in [0.25, 0.3) is 0 Å². The predicted molar refractivity (Wildman–Crippen MR) is 78.7 cm³/mol. The van der Waals surface area contributed by atoms with Gasteiger partial charge in [-0.05, 0) is 37.1 Å². The Morgan fingerprint density at radius 2 is 1.95 bits per heavy atom. The topological polar surface area (TPSA) is 38.3 Å². The molecule has 104 valence electrons. The number of hydrogen-bond donors (Lipinski definition) is 1. The van der Waals surface area contributed by atoms with E-state index in [-0.39, 0.29) is 5.91 Å². The van der Waals surface area contributed by atoms with Gasteiger partial charge < -0.3 is 10.1 Å². The maximum Gasteiger partial charge on any atom is 0.217 e. The molecule has 2 unspecified atom stereocenters. The van der Waals surface area contributed by atoms with E-state index in [9.17, 15) is 4.79 Å². The molecule has 0 radical (unpaired) electrons. The Morgan fingerprint density at radius 1 is 1.26 bits per heavy atom. The fourth-order valence-corrected chi connectivity index (χ4v) is 3.79. The van der Waals surface area contributed by atoms with E-state index in [2.05, 4.69) is 17.4 Å². The van der Waals surface area contributed by atoms with E-state index in [4.69, 9.17) is 4.74 Å². The third-order valence-electron chi connectivity index (χ3n) is 3.44. The van der Waals surface area contributed by atoms with Gasteiger partial charge in [-0.25, -0.2) is 0 Å². The Morgan fingerprint density at radius 3 is 2.58 bits per heavy atom. The van der Waals surface area contributed by atoms with Crippen LogP contribution in [0.5, 0.6) is 5.75 Å². The molecule has 1 saturated carbocycles. The lowest BCUT2D eigenvalue weighted by Crippen LogP contribution is -2.42. The van der Waals surface area contributed by atoms with Crippen LogP contribution in [0, 0.1) is 0 Å². The van der Waals surface area contributed by atoms with E-state index in [1.165, 1.54) is 24.2 Å². The SMILES string of the molecule is COc1ccc(SC2CCCCC2NC(C)=O)cc1. The molecular weight excluding hydrogens is 258 g/mol. The first-order valence-corrected chi connectivity index (χ1v) is 7.65. The van der Waals surface area contributed by atoms with Gasteiger partial charge in [0.1, 0.15) is 5.75 Å². The highest BCUT2D eigenvalue weighted by Gasteiger charge is 2.26. The molecule has 1 N–H and O–H groups in total. The minimum absolute atomic E-state index is 0.0761. The van der Waals surface area contributed by atoms with Crippen molar-refractivity contribution in [3.05, 3.63) is 24.3 Å². The fraction of sp³-hybridized carbons (Fsp3) is 0.533. The molecule has 0 heterocycles. The first-order valence-electron chi connectivity index (χ1n) is 6.77. The highest BCUT2D eigenvalue weighted by molar-refractivity contribution is 8.00. The second kappa shape index (κ2) is 6.85. The summed E-state index contributed by atoms with van der Waals surface area (Å²) in [7, 11) is 1.68. The Labute approximate surface area is 119 Å². The third-order valence-corrected chi connectivity index (χ3v) is 4.85. The molecule has 0 aromatic heterocycles. The standard InChI is InChI=1S/C15H21NO2S/c1-11(17)16-14-5-3-4-6-15(14)19-13-9-7-12(18-2)8-10-13/h7-10,14-15H,3-6H2,1-2H3,(H,16,17). The number of carbonyl (C=O) groups is 1. The molecule has 2 atom stereocenters. The second-order valence-corrected chi connectivity index (χ2v) is 6.24. The molecule has 1 aliphatic rings. The van der Waals surface area contributed by atoms with Crippen molar-refractivity contribution in [1.29, 1.82) is 0 Å². The molecule has 0 spiro atoms. The smallest absolute Gasteiger partial charge is 0.217 e. The number of amides is 1. The van der Waals surface area contributed by atoms with Crippen LogP contribution in [0.2, 0.25) is 0 Å². The molecule has 2 rings (SSSR count). The number of ether oxygens (including phenoxy) is 1. The minimum atomic E-state index is 0.0761. The van der Waals surface area contributed by atoms with Crippen molar-refractivity contribution in [2.75, 3.05) is 7.11 Å². The maximum atomic E-state index is 11.3. The van der Waals surface area contributed by atoms with Crippen molar-refractivity contribution >= 4 is 17.7 Å². The van der Waals surface area contributed by atoms with E-state index in [0.717, 1.165) is 12.2 Å². The first-order chi connectivity index (χ1) is 9.19. The van der Waals surface area contributed by atoms with Crippen LogP contribution in [0.3, 0.4) is 0 Å². The molecule has 0 bridgehead atoms. The summed E-state index contributed by atoms with van der Waals surface area (Å²) in [6.07, 6.45) is 4.73. The lowest BCUT2D eigenvalue weighted by atomic mass is 9.95. The van der Waals surface area contributed by atoms with Crippen LogP contribution in [0.1, 0.15) is 32.6 Å². The van der Waals surface area contributed by atoms with E-state index >= 15 is 0 Å². The molecule has 0 saturated heterocycles. The summed E-state index contributed by atoms with van der Waals surface area (Å²) in [5.41, 5.74) is 0. The normalized spacial score (nSPS) is 22.8. The minimum Gasteiger partial charge on any atom is -0.497 e. The van der Waals surface area contributed by atoms with E-state index in [1.807, 2.05) is 23.9 Å². The summed E-state index contributed by atoms with van der Waals surface area (Å²) in [6.45, 7) is 1.60. The molecule has 1 aromatic carbocycles. The lowest BCUT2D eigenvalue weighted by molar-refractivity contribution is -0.119. The predicted octanol–water partition coefficient (Wildman–Crippen LogP) is 3.23. The molecule has 3 nitrogen and oxygen atoms in total. The molecule has 19 heavy (non-hydrogen) atoms. The van der Waals surface area contributed by atoms with Crippen molar-refractivity contribution in [2.45, 2.75) is 48.8 Å². The number of nitrogens with one attached hydrogen (secondary N) is 1. The molecule has 1 aromatic rings. The van der Waals surface area contributed by atoms with Crippen molar-refractivity contribution in [1.82, 2.24) is 5.32 Å². The van der Waals surface area contributed by atoms with Crippen LogP contribution in [0.4, 0.5) is 0 Å². The van der Waals surface area contributed by atoms with Gasteiger partial charge in [-0.15, -0.1) is 11.8 Å². The molecule has 1 fully saturated rings. The quantitative estimate of drug-likeness (QED) is 0.919. The number of methoxy groups -OCH3 is 1. The van der Waals surface area contributed by atoms with Crippen molar-refractivity contribution in [3.8, 4) is 5.75 Å². The summed E-state index contributed by atoms with van der Waals surface area (Å²) in [6, 6.07) is 8.45. The summed E-state index contributed by atoms with van der Waals surface area (Å²) < 4.78 is 5.17. The third kappa shape index (κ3) is 4.16. The monoisotopic (exact) mass is 279 g/mol. The molecule has 4 heteroatoms. The van der Waals surface area contributed by atoms with Crippen LogP contribution in [0.15, 0.2) is 29.2 Å². The maximum absolute atomic E-state index is 11.3. The first kappa shape index (κ1) is 14.3. The van der Waals surface area contributed by atoms with Gasteiger partial charge in [0.15, 0.2) is 0 Å². The van der Waals surface area contributed by atoms with Gasteiger partial charge in [0, 0.05) is 23.1 Å². The van der Waals surface area contributed by atoms with Crippen LogP contribution in [-0.2, 0) is 4.79 Å². The Bertz CT molecular complexity index is 419. The number of thioether (sulfide) groups is 1. The van der Waals surface area contributed by atoms with Crippen molar-refractivity contribution < 1.29 is 9.53 Å². The van der Waals surface area contributed by atoms with E-state index in [0.29, 0.717) is 11.3 Å². The number of carbonyl (C=O) groups excluding carboxylic acids is 1. The largest absolute Gasteiger partial charge is 0.497 e. The highest BCUT2D eigenvalue weighted by Crippen LogP contribution is 2.34. The van der Waals surface area contributed by atoms with E-state index in [1.54, 1.807) is 14.0 Å². The van der Waals surface area contributed by atoms with Gasteiger partial charge in [0.25, 0.3) is 0 Å². The van der Waals surface area contributed by atoms with Gasteiger partial charge in [0.05, 0.1) is 7.11 Å². The van der Waals surface area contributed by atoms with Crippen LogP contribution >= 0.6 is 11.8 Å². The average Bonchev–Trinajstić information content (AvgIpc) is 2.41. The summed E-state index contributed by atoms with van der Waals surface area (Å²) >= 11 is 1.86. The lowest BCUT2D eigenvalue weighted by Gasteiger charge is -2.31. The average molecular weight is 279 g/mol. The van der Waals surface area contributed by atoms with Crippen molar-refractivity contribution in [3.63, 3.8) is 0 Å². The summed E-state index contributed by atoms with van der Waals surface area (Å²) in [5.74, 6) is 0.957. The molecule has 0 aliphatic heterocycles. The zero-order valence-electron chi connectivity index (χ0n) is 11.5. The van der Waals surface area contributed by atoms with Crippen LogP contribution < -0.4 is 10.1 Å². The van der Waals surface area contributed by atoms with Crippen LogP contribution in [-0.4, -0.2) is 24.3 Å². The summed E-state index contributed by atoms with van der Waals surface area (Å²) in [4.78, 5) is 12.5. The summed E-state index contributed by atoms with van der Waals surface area (Å²) in [5, 5.41) is 3.57. The van der Waals surface area contributed by atoms with Gasteiger partial charge in [-0.2, -0.15) is 0 Å². The fourth-order valence-electron chi connectivity index (χ4n) is 2.49. The van der Waals surface area contributed by atoms with Gasteiger partial charge >= 0.3 is 0 Å². The van der Waals surface area contributed by atoms with Crippen molar-refractivity contribution in [2.24, 2.45) is 0 Å². The van der Waals surface area contributed by atoms with Gasteiger partial charge in [-0.1, -0.05) is 12.8 Å². The van der Waals surface area contributed by atoms with Gasteiger partial charge in [0.2, 0.25) is 5.91 Å². The van der Waals surface area contributed by atoms with E-state index < -0.39 is 0 Å². The molecule has 1 aliphatic carbocycles. The highest BCUT2D eigenvalue weighted by atomic mass is 32.2. The number of hydrogen-bond acceptors (Lipinski definition) is 3. The molecule has 1 amide bonds. The van der Waals surface area contributed by atoms with Gasteiger partial charge in [-0.3, -0.25) is 4.79 Å². The number of rotatable bonds is 4. The Balaban J connectivity index is 1.99. The number of benzene rings is 1.